The fourth-order valence-electron chi connectivity index (χ4n) is 1.95. The Morgan fingerprint density at radius 1 is 0.842 bits per heavy atom. The molecule has 0 atom stereocenters. The first-order valence-electron chi connectivity index (χ1n) is 5.98. The van der Waals surface area contributed by atoms with Gasteiger partial charge in [0, 0.05) is 5.56 Å². The molecule has 1 heterocycles. The molecule has 1 N–H and O–H groups in total. The highest BCUT2D eigenvalue weighted by Crippen LogP contribution is 2.24. The predicted octanol–water partition coefficient (Wildman–Crippen LogP) is 3.15. The molecule has 94 valence electrons. The summed E-state index contributed by atoms with van der Waals surface area (Å²) in [6, 6.07) is 16.2. The largest absolute Gasteiger partial charge is 0.497 e. The predicted molar refractivity (Wildman–Crippen MR) is 73.8 cm³/mol. The van der Waals surface area contributed by atoms with Crippen LogP contribution in [0.4, 0.5) is 0 Å². The van der Waals surface area contributed by atoms with E-state index in [1.54, 1.807) is 13.4 Å². The third-order valence-electron chi connectivity index (χ3n) is 3.00. The standard InChI is InChI=1S/C15H13N3O/c1-19-14-8-6-12(7-9-14)11-2-4-13(5-3-11)15-16-10-17-18-15/h2-10H,1H3,(H,16,17,18). The summed E-state index contributed by atoms with van der Waals surface area (Å²) >= 11 is 0. The van der Waals surface area contributed by atoms with Gasteiger partial charge < -0.3 is 9.72 Å². The lowest BCUT2D eigenvalue weighted by Crippen LogP contribution is -1.84. The maximum Gasteiger partial charge on any atom is 0.161 e. The zero-order valence-electron chi connectivity index (χ0n) is 10.5. The maximum atomic E-state index is 5.15. The lowest BCUT2D eigenvalue weighted by Gasteiger charge is -2.04. The fraction of sp³-hybridized carbons (Fsp3) is 0.0667. The van der Waals surface area contributed by atoms with Crippen molar-refractivity contribution in [2.75, 3.05) is 7.11 Å². The van der Waals surface area contributed by atoms with Crippen LogP contribution >= 0.6 is 0 Å². The smallest absolute Gasteiger partial charge is 0.161 e. The van der Waals surface area contributed by atoms with Crippen LogP contribution in [-0.2, 0) is 0 Å². The molecule has 0 saturated carbocycles. The van der Waals surface area contributed by atoms with Crippen molar-refractivity contribution in [3.05, 3.63) is 54.9 Å². The number of H-pyrrole nitrogens is 1. The van der Waals surface area contributed by atoms with Gasteiger partial charge >= 0.3 is 0 Å². The molecule has 0 aliphatic carbocycles. The summed E-state index contributed by atoms with van der Waals surface area (Å²) in [5, 5.41) is 7.77. The fourth-order valence-corrected chi connectivity index (χ4v) is 1.95. The number of nitrogens with zero attached hydrogens (tertiary/aromatic N) is 2. The lowest BCUT2D eigenvalue weighted by molar-refractivity contribution is 0.415. The van der Waals surface area contributed by atoms with Crippen molar-refractivity contribution in [2.24, 2.45) is 0 Å². The third-order valence-corrected chi connectivity index (χ3v) is 3.00. The van der Waals surface area contributed by atoms with Crippen LogP contribution < -0.4 is 4.74 Å². The monoisotopic (exact) mass is 251 g/mol. The molecule has 0 aliphatic heterocycles. The van der Waals surface area contributed by atoms with Gasteiger partial charge in [0.15, 0.2) is 5.82 Å². The summed E-state index contributed by atoms with van der Waals surface area (Å²) in [6.45, 7) is 0. The van der Waals surface area contributed by atoms with E-state index in [0.29, 0.717) is 0 Å². The van der Waals surface area contributed by atoms with E-state index in [9.17, 15) is 0 Å². The number of hydrogen-bond donors (Lipinski definition) is 1. The third kappa shape index (κ3) is 2.33. The Morgan fingerprint density at radius 3 is 1.95 bits per heavy atom. The van der Waals surface area contributed by atoms with Crippen molar-refractivity contribution in [1.82, 2.24) is 15.2 Å². The van der Waals surface area contributed by atoms with Crippen LogP contribution in [0.3, 0.4) is 0 Å². The molecule has 0 aliphatic rings. The van der Waals surface area contributed by atoms with Crippen molar-refractivity contribution >= 4 is 0 Å². The van der Waals surface area contributed by atoms with Gasteiger partial charge in [0.1, 0.15) is 12.1 Å². The molecule has 19 heavy (non-hydrogen) atoms. The average molecular weight is 251 g/mol. The maximum absolute atomic E-state index is 5.15. The van der Waals surface area contributed by atoms with Crippen LogP contribution in [0.15, 0.2) is 54.9 Å². The number of aromatic amines is 1. The summed E-state index contributed by atoms with van der Waals surface area (Å²) in [6.07, 6.45) is 1.58. The summed E-state index contributed by atoms with van der Waals surface area (Å²) < 4.78 is 5.15. The first-order chi connectivity index (χ1) is 9.36. The molecule has 4 nitrogen and oxygen atoms in total. The van der Waals surface area contributed by atoms with Gasteiger partial charge in [-0.15, -0.1) is 10.2 Å². The number of methoxy groups -OCH3 is 1. The molecule has 0 unspecified atom stereocenters. The first kappa shape index (κ1) is 11.5. The molecule has 0 saturated heterocycles. The van der Waals surface area contributed by atoms with E-state index in [1.807, 2.05) is 36.4 Å². The van der Waals surface area contributed by atoms with Crippen LogP contribution in [0.5, 0.6) is 5.75 Å². The topological polar surface area (TPSA) is 50.8 Å². The molecule has 0 spiro atoms. The Labute approximate surface area is 111 Å². The Morgan fingerprint density at radius 2 is 1.42 bits per heavy atom. The van der Waals surface area contributed by atoms with E-state index >= 15 is 0 Å². The van der Waals surface area contributed by atoms with E-state index in [4.69, 9.17) is 4.74 Å². The number of rotatable bonds is 3. The Kier molecular flexibility index (Phi) is 2.98. The van der Waals surface area contributed by atoms with Gasteiger partial charge in [0.05, 0.1) is 7.11 Å². The Bertz CT molecular complexity index is 643. The quantitative estimate of drug-likeness (QED) is 0.778. The van der Waals surface area contributed by atoms with E-state index in [-0.39, 0.29) is 0 Å². The molecule has 0 fully saturated rings. The van der Waals surface area contributed by atoms with Crippen LogP contribution in [0, 0.1) is 0 Å². The molecular formula is C15H13N3O. The van der Waals surface area contributed by atoms with Crippen LogP contribution in [0.1, 0.15) is 0 Å². The molecule has 0 radical (unpaired) electrons. The van der Waals surface area contributed by atoms with Crippen molar-refractivity contribution in [3.8, 4) is 28.3 Å². The lowest BCUT2D eigenvalue weighted by atomic mass is 10.0. The van der Waals surface area contributed by atoms with Gasteiger partial charge in [-0.05, 0) is 23.3 Å². The van der Waals surface area contributed by atoms with E-state index in [2.05, 4.69) is 27.3 Å². The molecule has 3 rings (SSSR count). The van der Waals surface area contributed by atoms with Gasteiger partial charge in [-0.2, -0.15) is 0 Å². The Balaban J connectivity index is 1.89. The summed E-state index contributed by atoms with van der Waals surface area (Å²) in [4.78, 5) is 2.99. The molecular weight excluding hydrogens is 238 g/mol. The number of ether oxygens (including phenoxy) is 1. The molecule has 2 aromatic carbocycles. The zero-order chi connectivity index (χ0) is 13.1. The summed E-state index contributed by atoms with van der Waals surface area (Å²) in [7, 11) is 1.67. The van der Waals surface area contributed by atoms with Gasteiger partial charge in [0.25, 0.3) is 0 Å². The van der Waals surface area contributed by atoms with Gasteiger partial charge in [-0.1, -0.05) is 36.4 Å². The second kappa shape index (κ2) is 4.94. The number of benzene rings is 2. The Hall–Kier alpha value is -2.62. The average Bonchev–Trinajstić information content (AvgIpc) is 3.02. The van der Waals surface area contributed by atoms with Gasteiger partial charge in [-0.3, -0.25) is 0 Å². The summed E-state index contributed by atoms with van der Waals surface area (Å²) in [5.74, 6) is 1.64. The van der Waals surface area contributed by atoms with Crippen molar-refractivity contribution in [1.29, 1.82) is 0 Å². The SMILES string of the molecule is COc1ccc(-c2ccc(-c3nnc[nH]3)cc2)cc1. The van der Waals surface area contributed by atoms with E-state index < -0.39 is 0 Å². The highest BCUT2D eigenvalue weighted by atomic mass is 16.5. The second-order valence-electron chi connectivity index (χ2n) is 4.14. The number of hydrogen-bond acceptors (Lipinski definition) is 3. The van der Waals surface area contributed by atoms with Crippen molar-refractivity contribution in [2.45, 2.75) is 0 Å². The normalized spacial score (nSPS) is 10.4. The molecule has 4 heteroatoms. The minimum atomic E-state index is 0.779. The molecule has 3 aromatic rings. The van der Waals surface area contributed by atoms with Crippen LogP contribution in [0.25, 0.3) is 22.5 Å². The van der Waals surface area contributed by atoms with Crippen molar-refractivity contribution < 1.29 is 4.74 Å². The highest BCUT2D eigenvalue weighted by Gasteiger charge is 2.02. The zero-order valence-corrected chi connectivity index (χ0v) is 10.5. The van der Waals surface area contributed by atoms with E-state index in [1.165, 1.54) is 0 Å². The molecule has 0 amide bonds. The minimum Gasteiger partial charge on any atom is -0.497 e. The van der Waals surface area contributed by atoms with Crippen LogP contribution in [0.2, 0.25) is 0 Å². The summed E-state index contributed by atoms with van der Waals surface area (Å²) in [5.41, 5.74) is 3.34. The first-order valence-corrected chi connectivity index (χ1v) is 5.98. The highest BCUT2D eigenvalue weighted by molar-refractivity contribution is 5.68. The van der Waals surface area contributed by atoms with Gasteiger partial charge in [-0.25, -0.2) is 0 Å². The number of nitrogens with one attached hydrogen (secondary N) is 1. The molecule has 1 aromatic heterocycles. The van der Waals surface area contributed by atoms with Crippen molar-refractivity contribution in [3.63, 3.8) is 0 Å². The van der Waals surface area contributed by atoms with Gasteiger partial charge in [0.2, 0.25) is 0 Å². The minimum absolute atomic E-state index is 0.779. The second-order valence-corrected chi connectivity index (χ2v) is 4.14. The van der Waals surface area contributed by atoms with Crippen LogP contribution in [-0.4, -0.2) is 22.3 Å². The molecule has 0 bridgehead atoms. The number of aromatic nitrogens is 3. The van der Waals surface area contributed by atoms with E-state index in [0.717, 1.165) is 28.3 Å².